The zero-order chi connectivity index (χ0) is 29.3. The van der Waals surface area contributed by atoms with Crippen molar-refractivity contribution >= 4 is 10.1 Å². The molecule has 0 radical (unpaired) electrons. The summed E-state index contributed by atoms with van der Waals surface area (Å²) in [5.41, 5.74) is 0. The minimum Gasteiger partial charge on any atom is -0.281 e. The summed E-state index contributed by atoms with van der Waals surface area (Å²) in [7, 11) is -8.01. The zero-order valence-electron chi connectivity index (χ0n) is 15.6. The number of hydrogen-bond acceptors (Lipinski definition) is 2. The topological polar surface area (TPSA) is 54.4 Å². The van der Waals surface area contributed by atoms with E-state index >= 15 is 0 Å². The SMILES string of the molecule is CCC(F)C(F)(F)C(F)(F)C(F)(F)C(F)(F)C(F)(F)C(F)(F)C(F)(F)C(F)(F)C(F)(F)S(=O)(=O)O. The van der Waals surface area contributed by atoms with E-state index in [4.69, 9.17) is 4.55 Å². The maximum Gasteiger partial charge on any atom is 0.438 e. The fourth-order valence-electron chi connectivity index (χ4n) is 1.99. The largest absolute Gasteiger partial charge is 0.438 e. The van der Waals surface area contributed by atoms with E-state index in [1.54, 1.807) is 0 Å². The lowest BCUT2D eigenvalue weighted by molar-refractivity contribution is -0.460. The summed E-state index contributed by atoms with van der Waals surface area (Å²) in [6.45, 7) is 0.145. The van der Waals surface area contributed by atoms with Gasteiger partial charge in [0.1, 0.15) is 0 Å². The van der Waals surface area contributed by atoms with Crippen LogP contribution in [0.5, 0.6) is 0 Å². The molecule has 0 rings (SSSR count). The molecule has 0 bridgehead atoms. The van der Waals surface area contributed by atoms with E-state index in [1.165, 1.54) is 0 Å². The fourth-order valence-corrected chi connectivity index (χ4v) is 2.45. The maximum absolute atomic E-state index is 13.5. The molecule has 1 atom stereocenters. The Morgan fingerprint density at radius 3 is 1.00 bits per heavy atom. The van der Waals surface area contributed by atoms with Gasteiger partial charge in [0.25, 0.3) is 0 Å². The first-order valence-corrected chi connectivity index (χ1v) is 9.18. The normalized spacial score (nSPS) is 17.5. The van der Waals surface area contributed by atoms with E-state index in [-0.39, 0.29) is 6.92 Å². The Bertz CT molecular complexity index is 893. The molecule has 0 aromatic heterocycles. The van der Waals surface area contributed by atoms with Gasteiger partial charge < -0.3 is 0 Å². The lowest BCUT2D eigenvalue weighted by atomic mass is 9.86. The van der Waals surface area contributed by atoms with Gasteiger partial charge in [0.05, 0.1) is 0 Å². The second-order valence-electron chi connectivity index (χ2n) is 6.51. The van der Waals surface area contributed by atoms with E-state index in [1.807, 2.05) is 0 Å². The first-order chi connectivity index (χ1) is 14.7. The van der Waals surface area contributed by atoms with Crippen LogP contribution >= 0.6 is 0 Å². The molecule has 1 unspecified atom stereocenters. The van der Waals surface area contributed by atoms with Crippen LogP contribution in [-0.2, 0) is 10.1 Å². The predicted molar refractivity (Wildman–Crippen MR) is 71.3 cm³/mol. The highest BCUT2D eigenvalue weighted by atomic mass is 32.2. The predicted octanol–water partition coefficient (Wildman–Crippen LogP) is 6.30. The Kier molecular flexibility index (Phi) is 7.96. The van der Waals surface area contributed by atoms with E-state index in [9.17, 15) is 91.8 Å². The van der Waals surface area contributed by atoms with Crippen molar-refractivity contribution in [3.63, 3.8) is 0 Å². The molecule has 3 nitrogen and oxygen atoms in total. The Morgan fingerprint density at radius 1 is 0.543 bits per heavy atom. The highest BCUT2D eigenvalue weighted by Crippen LogP contribution is 2.65. The molecule has 0 saturated heterocycles. The standard InChI is InChI=1S/C12H7F19O3S/c1-2-3(13)4(14,15)5(16,17)6(18,19)7(20,21)8(22,23)9(24,25)10(26,27)11(28,29)12(30,31)35(32,33)34/h3H,2H2,1H3,(H,32,33,34). The van der Waals surface area contributed by atoms with Gasteiger partial charge in [0, 0.05) is 0 Å². The molecule has 0 aromatic rings. The van der Waals surface area contributed by atoms with Crippen molar-refractivity contribution in [3.8, 4) is 0 Å². The molecular formula is C12H7F19O3S. The van der Waals surface area contributed by atoms with Crippen LogP contribution in [0.25, 0.3) is 0 Å². The Hall–Kier alpha value is -1.42. The molecule has 0 fully saturated rings. The number of hydrogen-bond donors (Lipinski definition) is 1. The van der Waals surface area contributed by atoms with Gasteiger partial charge in [-0.05, 0) is 6.42 Å². The van der Waals surface area contributed by atoms with Crippen LogP contribution in [0, 0.1) is 0 Å². The summed E-state index contributed by atoms with van der Waals surface area (Å²) in [5, 5.41) is -7.96. The highest BCUT2D eigenvalue weighted by molar-refractivity contribution is 7.87. The quantitative estimate of drug-likeness (QED) is 0.227. The lowest BCUT2D eigenvalue weighted by Crippen LogP contribution is -2.76. The molecule has 0 spiro atoms. The van der Waals surface area contributed by atoms with Crippen LogP contribution in [0.4, 0.5) is 83.4 Å². The van der Waals surface area contributed by atoms with Crippen molar-refractivity contribution < 1.29 is 96.4 Å². The molecular weight excluding hydrogens is 585 g/mol. The van der Waals surface area contributed by atoms with Crippen LogP contribution < -0.4 is 0 Å². The van der Waals surface area contributed by atoms with Crippen molar-refractivity contribution in [3.05, 3.63) is 0 Å². The van der Waals surface area contributed by atoms with Gasteiger partial charge in [0.15, 0.2) is 6.17 Å². The highest BCUT2D eigenvalue weighted by Gasteiger charge is 2.97. The molecule has 0 aliphatic rings. The number of rotatable bonds is 11. The fraction of sp³-hybridized carbons (Fsp3) is 1.00. The van der Waals surface area contributed by atoms with Crippen LogP contribution in [0.2, 0.25) is 0 Å². The van der Waals surface area contributed by atoms with Crippen molar-refractivity contribution in [1.82, 2.24) is 0 Å². The van der Waals surface area contributed by atoms with Crippen molar-refractivity contribution in [2.75, 3.05) is 0 Å². The average Bonchev–Trinajstić information content (AvgIpc) is 2.64. The van der Waals surface area contributed by atoms with Gasteiger partial charge in [-0.25, -0.2) is 4.39 Å². The zero-order valence-corrected chi connectivity index (χ0v) is 16.5. The summed E-state index contributed by atoms with van der Waals surface area (Å²) in [6.07, 6.45) is -6.58. The maximum atomic E-state index is 13.5. The molecule has 23 heteroatoms. The third-order valence-corrected chi connectivity index (χ3v) is 5.13. The third-order valence-electron chi connectivity index (χ3n) is 4.23. The van der Waals surface area contributed by atoms with Crippen LogP contribution in [0.1, 0.15) is 13.3 Å². The molecule has 0 aliphatic carbocycles. The van der Waals surface area contributed by atoms with Gasteiger partial charge in [-0.1, -0.05) is 6.92 Å². The van der Waals surface area contributed by atoms with Crippen LogP contribution in [0.15, 0.2) is 0 Å². The van der Waals surface area contributed by atoms with Crippen molar-refractivity contribution in [2.45, 2.75) is 72.2 Å². The monoisotopic (exact) mass is 592 g/mol. The molecule has 212 valence electrons. The molecule has 0 saturated carbocycles. The number of halogens is 19. The molecule has 0 aliphatic heterocycles. The van der Waals surface area contributed by atoms with Crippen LogP contribution in [0.3, 0.4) is 0 Å². The summed E-state index contributed by atoms with van der Waals surface area (Å²) < 4.78 is 280. The third kappa shape index (κ3) is 3.97. The van der Waals surface area contributed by atoms with Crippen molar-refractivity contribution in [2.24, 2.45) is 0 Å². The molecule has 1 N–H and O–H groups in total. The van der Waals surface area contributed by atoms with Gasteiger partial charge in [-0.3, -0.25) is 4.55 Å². The van der Waals surface area contributed by atoms with E-state index < -0.39 is 75.3 Å². The molecule has 35 heavy (non-hydrogen) atoms. The van der Waals surface area contributed by atoms with Gasteiger partial charge in [-0.15, -0.1) is 0 Å². The summed E-state index contributed by atoms with van der Waals surface area (Å²) in [4.78, 5) is 0. The van der Waals surface area contributed by atoms with Gasteiger partial charge in [0.2, 0.25) is 0 Å². The Morgan fingerprint density at radius 2 is 0.771 bits per heavy atom. The smallest absolute Gasteiger partial charge is 0.281 e. The first kappa shape index (κ1) is 33.6. The molecule has 0 aromatic carbocycles. The minimum absolute atomic E-state index is 0.145. The summed E-state index contributed by atoms with van der Waals surface area (Å²) in [6, 6.07) is 0. The summed E-state index contributed by atoms with van der Waals surface area (Å²) >= 11 is 0. The second-order valence-corrected chi connectivity index (χ2v) is 7.97. The first-order valence-electron chi connectivity index (χ1n) is 7.74. The van der Waals surface area contributed by atoms with E-state index in [0.29, 0.717) is 0 Å². The Balaban J connectivity index is 7.14. The van der Waals surface area contributed by atoms with Crippen molar-refractivity contribution in [1.29, 1.82) is 0 Å². The lowest BCUT2D eigenvalue weighted by Gasteiger charge is -2.44. The summed E-state index contributed by atoms with van der Waals surface area (Å²) in [5.74, 6) is -68.8. The van der Waals surface area contributed by atoms with E-state index in [0.717, 1.165) is 0 Å². The van der Waals surface area contributed by atoms with Gasteiger partial charge in [-0.2, -0.15) is 87.4 Å². The second kappa shape index (κ2) is 8.30. The van der Waals surface area contributed by atoms with Gasteiger partial charge >= 0.3 is 62.8 Å². The number of alkyl halides is 19. The van der Waals surface area contributed by atoms with Crippen LogP contribution in [-0.4, -0.2) is 71.8 Å². The molecule has 0 amide bonds. The Labute approximate surface area is 180 Å². The van der Waals surface area contributed by atoms with E-state index in [2.05, 4.69) is 0 Å². The molecule has 0 heterocycles. The average molecular weight is 592 g/mol. The minimum atomic E-state index is -9.12.